The second kappa shape index (κ2) is 8.97. The normalized spacial score (nSPS) is 19.1. The highest BCUT2D eigenvalue weighted by atomic mass is 16.6. The number of alkyl carbamates (subject to hydrolysis) is 1. The van der Waals surface area contributed by atoms with Crippen LogP contribution in [-0.2, 0) is 22.4 Å². The maximum atomic E-state index is 12.4. The number of nitrogens with zero attached hydrogens (tertiary/aromatic N) is 2. The Morgan fingerprint density at radius 1 is 1.21 bits per heavy atom. The van der Waals surface area contributed by atoms with Gasteiger partial charge in [-0.15, -0.1) is 0 Å². The van der Waals surface area contributed by atoms with E-state index in [4.69, 9.17) is 9.47 Å². The fourth-order valence-electron chi connectivity index (χ4n) is 4.02. The standard InChI is InChI=1S/C23H25N3O3/c24-14-18-6-7-22-19(12-18)13-20(16-26(22)15-17-4-2-1-3-5-17)25-23(27)29-21-8-10-28-11-9-21/h1-7,12,20-21H,8-11,13,15-16H2,(H,25,27). The Hall–Kier alpha value is -3.04. The van der Waals surface area contributed by atoms with E-state index in [1.54, 1.807) is 0 Å². The van der Waals surface area contributed by atoms with E-state index in [1.807, 2.05) is 36.4 Å². The van der Waals surface area contributed by atoms with Crippen LogP contribution in [0.15, 0.2) is 48.5 Å². The lowest BCUT2D eigenvalue weighted by Gasteiger charge is -2.36. The molecular weight excluding hydrogens is 366 g/mol. The van der Waals surface area contributed by atoms with E-state index in [2.05, 4.69) is 28.4 Å². The van der Waals surface area contributed by atoms with Gasteiger partial charge in [0.15, 0.2) is 0 Å². The highest BCUT2D eigenvalue weighted by Crippen LogP contribution is 2.29. The van der Waals surface area contributed by atoms with Gasteiger partial charge in [0.05, 0.1) is 30.9 Å². The van der Waals surface area contributed by atoms with Crippen LogP contribution in [-0.4, -0.2) is 38.0 Å². The van der Waals surface area contributed by atoms with Gasteiger partial charge < -0.3 is 19.7 Å². The molecule has 2 heterocycles. The smallest absolute Gasteiger partial charge is 0.407 e. The van der Waals surface area contributed by atoms with Gasteiger partial charge in [0, 0.05) is 31.6 Å². The third kappa shape index (κ3) is 4.87. The zero-order valence-electron chi connectivity index (χ0n) is 16.3. The molecule has 0 aliphatic carbocycles. The minimum Gasteiger partial charge on any atom is -0.446 e. The van der Waals surface area contributed by atoms with E-state index in [1.165, 1.54) is 5.56 Å². The number of nitrogens with one attached hydrogen (secondary N) is 1. The molecule has 1 atom stereocenters. The lowest BCUT2D eigenvalue weighted by Crippen LogP contribution is -2.49. The number of hydrogen-bond donors (Lipinski definition) is 1. The van der Waals surface area contributed by atoms with Gasteiger partial charge in [-0.3, -0.25) is 0 Å². The van der Waals surface area contributed by atoms with Crippen LogP contribution in [0.2, 0.25) is 0 Å². The lowest BCUT2D eigenvalue weighted by atomic mass is 9.95. The zero-order chi connectivity index (χ0) is 20.1. The molecule has 6 nitrogen and oxygen atoms in total. The molecule has 150 valence electrons. The van der Waals surface area contributed by atoms with Crippen molar-refractivity contribution in [1.82, 2.24) is 5.32 Å². The van der Waals surface area contributed by atoms with E-state index in [0.29, 0.717) is 31.7 Å². The van der Waals surface area contributed by atoms with Gasteiger partial charge in [0.1, 0.15) is 6.10 Å². The Labute approximate surface area is 171 Å². The fourth-order valence-corrected chi connectivity index (χ4v) is 4.02. The monoisotopic (exact) mass is 391 g/mol. The van der Waals surface area contributed by atoms with E-state index in [-0.39, 0.29) is 18.2 Å². The maximum Gasteiger partial charge on any atom is 0.407 e. The molecular formula is C23H25N3O3. The van der Waals surface area contributed by atoms with Crippen molar-refractivity contribution in [2.75, 3.05) is 24.7 Å². The summed E-state index contributed by atoms with van der Waals surface area (Å²) >= 11 is 0. The van der Waals surface area contributed by atoms with Crippen molar-refractivity contribution in [1.29, 1.82) is 5.26 Å². The highest BCUT2D eigenvalue weighted by molar-refractivity contribution is 5.69. The van der Waals surface area contributed by atoms with Crippen molar-refractivity contribution in [2.45, 2.75) is 38.0 Å². The number of anilines is 1. The average Bonchev–Trinajstić information content (AvgIpc) is 2.74. The Kier molecular flexibility index (Phi) is 5.97. The molecule has 1 amide bonds. The first kappa shape index (κ1) is 19.3. The summed E-state index contributed by atoms with van der Waals surface area (Å²) in [5.74, 6) is 0. The molecule has 0 aromatic heterocycles. The van der Waals surface area contributed by atoms with Crippen LogP contribution in [0.1, 0.15) is 29.5 Å². The zero-order valence-corrected chi connectivity index (χ0v) is 16.3. The summed E-state index contributed by atoms with van der Waals surface area (Å²) in [5.41, 5.74) is 4.02. The quantitative estimate of drug-likeness (QED) is 0.865. The first-order valence-corrected chi connectivity index (χ1v) is 10.1. The number of hydrogen-bond acceptors (Lipinski definition) is 5. The van der Waals surface area contributed by atoms with Crippen molar-refractivity contribution in [3.05, 3.63) is 65.2 Å². The lowest BCUT2D eigenvalue weighted by molar-refractivity contribution is 0.000840. The van der Waals surface area contributed by atoms with Crippen molar-refractivity contribution in [2.24, 2.45) is 0 Å². The molecule has 29 heavy (non-hydrogen) atoms. The predicted molar refractivity (Wildman–Crippen MR) is 110 cm³/mol. The molecule has 2 aromatic rings. The summed E-state index contributed by atoms with van der Waals surface area (Å²) in [6.45, 7) is 2.71. The van der Waals surface area contributed by atoms with Crippen LogP contribution in [0.5, 0.6) is 0 Å². The Morgan fingerprint density at radius 2 is 2.00 bits per heavy atom. The van der Waals surface area contributed by atoms with Gasteiger partial charge >= 0.3 is 6.09 Å². The molecule has 0 bridgehead atoms. The second-order valence-corrected chi connectivity index (χ2v) is 7.58. The number of carbonyl (C=O) groups excluding carboxylic acids is 1. The first-order valence-electron chi connectivity index (χ1n) is 10.1. The summed E-state index contributed by atoms with van der Waals surface area (Å²) in [7, 11) is 0. The van der Waals surface area contributed by atoms with E-state index in [9.17, 15) is 10.1 Å². The minimum absolute atomic E-state index is 0.0764. The molecule has 1 fully saturated rings. The SMILES string of the molecule is N#Cc1ccc2c(c1)CC(NC(=O)OC1CCOCC1)CN2Cc1ccccc1. The number of carbonyl (C=O) groups is 1. The third-order valence-corrected chi connectivity index (χ3v) is 5.44. The van der Waals surface area contributed by atoms with Crippen LogP contribution in [0.4, 0.5) is 10.5 Å². The van der Waals surface area contributed by atoms with Gasteiger partial charge in [-0.1, -0.05) is 30.3 Å². The highest BCUT2D eigenvalue weighted by Gasteiger charge is 2.27. The first-order chi connectivity index (χ1) is 14.2. The topological polar surface area (TPSA) is 74.6 Å². The molecule has 2 aliphatic heterocycles. The van der Waals surface area contributed by atoms with Crippen molar-refractivity contribution in [3.8, 4) is 6.07 Å². The van der Waals surface area contributed by atoms with E-state index < -0.39 is 0 Å². The van der Waals surface area contributed by atoms with Gasteiger partial charge in [-0.25, -0.2) is 4.79 Å². The predicted octanol–water partition coefficient (Wildman–Crippen LogP) is 3.39. The second-order valence-electron chi connectivity index (χ2n) is 7.58. The molecule has 1 N–H and O–H groups in total. The van der Waals surface area contributed by atoms with Crippen LogP contribution in [0, 0.1) is 11.3 Å². The molecule has 0 radical (unpaired) electrons. The van der Waals surface area contributed by atoms with E-state index in [0.717, 1.165) is 30.6 Å². The summed E-state index contributed by atoms with van der Waals surface area (Å²) in [6.07, 6.45) is 1.71. The average molecular weight is 391 g/mol. The summed E-state index contributed by atoms with van der Waals surface area (Å²) in [6, 6.07) is 18.2. The van der Waals surface area contributed by atoms with Crippen LogP contribution >= 0.6 is 0 Å². The fraction of sp³-hybridized carbons (Fsp3) is 0.391. The van der Waals surface area contributed by atoms with E-state index >= 15 is 0 Å². The van der Waals surface area contributed by atoms with Crippen molar-refractivity contribution >= 4 is 11.8 Å². The Morgan fingerprint density at radius 3 is 2.76 bits per heavy atom. The summed E-state index contributed by atoms with van der Waals surface area (Å²) < 4.78 is 10.9. The Balaban J connectivity index is 1.48. The van der Waals surface area contributed by atoms with Gasteiger partial charge in [0.25, 0.3) is 0 Å². The van der Waals surface area contributed by atoms with Crippen LogP contribution in [0.25, 0.3) is 0 Å². The van der Waals surface area contributed by atoms with Gasteiger partial charge in [-0.05, 0) is 35.7 Å². The molecule has 2 aromatic carbocycles. The summed E-state index contributed by atoms with van der Waals surface area (Å²) in [4.78, 5) is 14.7. The number of nitriles is 1. The largest absolute Gasteiger partial charge is 0.446 e. The Bertz CT molecular complexity index is 888. The van der Waals surface area contributed by atoms with Crippen molar-refractivity contribution in [3.63, 3.8) is 0 Å². The molecule has 1 unspecified atom stereocenters. The number of fused-ring (bicyclic) bond motifs is 1. The molecule has 6 heteroatoms. The number of benzene rings is 2. The molecule has 0 spiro atoms. The summed E-state index contributed by atoms with van der Waals surface area (Å²) in [5, 5.41) is 12.3. The van der Waals surface area contributed by atoms with Crippen molar-refractivity contribution < 1.29 is 14.3 Å². The van der Waals surface area contributed by atoms with Crippen LogP contribution in [0.3, 0.4) is 0 Å². The molecule has 1 saturated heterocycles. The van der Waals surface area contributed by atoms with Crippen LogP contribution < -0.4 is 10.2 Å². The molecule has 2 aliphatic rings. The molecule has 0 saturated carbocycles. The minimum atomic E-state index is -0.374. The van der Waals surface area contributed by atoms with Gasteiger partial charge in [0.2, 0.25) is 0 Å². The number of rotatable bonds is 4. The number of ether oxygens (including phenoxy) is 2. The third-order valence-electron chi connectivity index (χ3n) is 5.44. The maximum absolute atomic E-state index is 12.4. The number of amides is 1. The molecule has 4 rings (SSSR count). The van der Waals surface area contributed by atoms with Gasteiger partial charge in [-0.2, -0.15) is 5.26 Å².